The Morgan fingerprint density at radius 2 is 1.40 bits per heavy atom. The lowest BCUT2D eigenvalue weighted by Crippen LogP contribution is -2.37. The number of nitrogens with zero attached hydrogens (tertiary/aromatic N) is 4. The van der Waals surface area contributed by atoms with Crippen molar-refractivity contribution in [3.05, 3.63) is 96.6 Å². The number of ether oxygens (including phenoxy) is 1. The van der Waals surface area contributed by atoms with Gasteiger partial charge in [-0.3, -0.25) is 4.79 Å². The normalized spacial score (nSPS) is 13.3. The van der Waals surface area contributed by atoms with Gasteiger partial charge in [0.15, 0.2) is 15.7 Å². The summed E-state index contributed by atoms with van der Waals surface area (Å²) in [5, 5.41) is 6.49. The average Bonchev–Trinajstić information content (AvgIpc) is 3.08. The Balaban J connectivity index is 1.26. The Labute approximate surface area is 273 Å². The van der Waals surface area contributed by atoms with Crippen LogP contribution in [0.5, 0.6) is 0 Å². The highest BCUT2D eigenvalue weighted by atomic mass is 32.2. The average molecular weight is 651 g/mol. The van der Waals surface area contributed by atoms with E-state index in [1.54, 1.807) is 68.7 Å². The summed E-state index contributed by atoms with van der Waals surface area (Å²) in [6.07, 6.45) is 1.20. The molecule has 0 bridgehead atoms. The molecule has 5 aromatic rings. The zero-order valence-corrected chi connectivity index (χ0v) is 27.0. The van der Waals surface area contributed by atoms with Gasteiger partial charge >= 0.3 is 6.03 Å². The number of aromatic nitrogens is 2. The highest BCUT2D eigenvalue weighted by Crippen LogP contribution is 2.32. The summed E-state index contributed by atoms with van der Waals surface area (Å²) < 4.78 is 30.0. The van der Waals surface area contributed by atoms with Crippen molar-refractivity contribution in [3.8, 4) is 22.5 Å². The molecule has 0 atom stereocenters. The third-order valence-electron chi connectivity index (χ3n) is 7.78. The number of carbonyl (C=O) groups excluding carboxylic acids is 2. The Bertz CT molecular complexity index is 2060. The van der Waals surface area contributed by atoms with Gasteiger partial charge in [0, 0.05) is 61.3 Å². The van der Waals surface area contributed by atoms with Gasteiger partial charge in [-0.25, -0.2) is 23.2 Å². The van der Waals surface area contributed by atoms with E-state index in [-0.39, 0.29) is 10.8 Å². The number of hydrogen-bond donors (Lipinski definition) is 2. The number of benzene rings is 4. The summed E-state index contributed by atoms with van der Waals surface area (Å²) in [6.45, 7) is 2.57. The van der Waals surface area contributed by atoms with Gasteiger partial charge < -0.3 is 25.2 Å². The minimum absolute atomic E-state index is 0.117. The highest BCUT2D eigenvalue weighted by Gasteiger charge is 2.19. The number of fused-ring (bicyclic) bond motifs is 1. The van der Waals surface area contributed by atoms with Crippen LogP contribution in [0, 0.1) is 0 Å². The molecule has 0 saturated carbocycles. The van der Waals surface area contributed by atoms with Gasteiger partial charge in [-0.15, -0.1) is 0 Å². The molecule has 1 saturated heterocycles. The number of morpholine rings is 1. The molecular formula is C35H34N6O5S. The van der Waals surface area contributed by atoms with Crippen molar-refractivity contribution in [1.29, 1.82) is 0 Å². The van der Waals surface area contributed by atoms with E-state index in [1.165, 1.54) is 11.2 Å². The summed E-state index contributed by atoms with van der Waals surface area (Å²) in [6, 6.07) is 26.3. The van der Waals surface area contributed by atoms with E-state index in [2.05, 4.69) is 15.5 Å². The topological polar surface area (TPSA) is 134 Å². The molecule has 0 aliphatic carbocycles. The molecule has 0 radical (unpaired) electrons. The van der Waals surface area contributed by atoms with Crippen molar-refractivity contribution in [2.24, 2.45) is 0 Å². The molecule has 0 unspecified atom stereocenters. The summed E-state index contributed by atoms with van der Waals surface area (Å²) in [5.41, 5.74) is 4.75. The van der Waals surface area contributed by atoms with Gasteiger partial charge in [-0.2, -0.15) is 0 Å². The second kappa shape index (κ2) is 13.2. The number of amides is 3. The Hall–Kier alpha value is -5.33. The van der Waals surface area contributed by atoms with Crippen molar-refractivity contribution >= 4 is 49.9 Å². The molecule has 47 heavy (non-hydrogen) atoms. The molecule has 11 nitrogen and oxygen atoms in total. The maximum absolute atomic E-state index is 12.7. The van der Waals surface area contributed by atoms with Crippen molar-refractivity contribution in [3.63, 3.8) is 0 Å². The molecular weight excluding hydrogens is 616 g/mol. The van der Waals surface area contributed by atoms with Crippen LogP contribution in [0.2, 0.25) is 0 Å². The molecule has 1 aliphatic rings. The summed E-state index contributed by atoms with van der Waals surface area (Å²) in [5.74, 6) is 1.20. The minimum Gasteiger partial charge on any atom is -0.378 e. The summed E-state index contributed by atoms with van der Waals surface area (Å²) in [7, 11) is 0.00678. The number of sulfone groups is 1. The molecule has 1 fully saturated rings. The van der Waals surface area contributed by atoms with E-state index < -0.39 is 15.9 Å². The third-order valence-corrected chi connectivity index (χ3v) is 8.89. The third kappa shape index (κ3) is 7.24. The van der Waals surface area contributed by atoms with Gasteiger partial charge in [-0.05, 0) is 83.9 Å². The van der Waals surface area contributed by atoms with E-state index in [1.807, 2.05) is 36.4 Å². The maximum atomic E-state index is 12.7. The van der Waals surface area contributed by atoms with Crippen LogP contribution in [-0.2, 0) is 14.6 Å². The number of anilines is 3. The molecule has 2 N–H and O–H groups in total. The van der Waals surface area contributed by atoms with E-state index in [9.17, 15) is 18.0 Å². The van der Waals surface area contributed by atoms with Crippen LogP contribution in [0.1, 0.15) is 10.4 Å². The van der Waals surface area contributed by atoms with Gasteiger partial charge in [0.1, 0.15) is 5.82 Å². The molecule has 3 amide bonds. The van der Waals surface area contributed by atoms with Crippen LogP contribution in [0.15, 0.2) is 95.9 Å². The van der Waals surface area contributed by atoms with Crippen LogP contribution in [0.4, 0.5) is 22.0 Å². The Kier molecular flexibility index (Phi) is 8.88. The van der Waals surface area contributed by atoms with Gasteiger partial charge in [0.2, 0.25) is 0 Å². The van der Waals surface area contributed by atoms with Crippen LogP contribution in [0.3, 0.4) is 0 Å². The van der Waals surface area contributed by atoms with Gasteiger partial charge in [0.25, 0.3) is 5.91 Å². The standard InChI is InChI=1S/C35H34N6O5S/c1-40(2)34(42)24-9-14-28(15-10-24)37-35(43)36-27-12-7-23(8-13-27)32-38-31-22-26(25-5-4-6-29(21-25)47(3,44)45)11-16-30(31)33(39-32)41-17-19-46-20-18-41/h4-16,21-22H,17-20H2,1-3H3,(H2,36,37,43). The van der Waals surface area contributed by atoms with Crippen molar-refractivity contribution in [2.45, 2.75) is 4.90 Å². The molecule has 2 heterocycles. The zero-order valence-electron chi connectivity index (χ0n) is 26.2. The summed E-state index contributed by atoms with van der Waals surface area (Å²) in [4.78, 5) is 38.6. The summed E-state index contributed by atoms with van der Waals surface area (Å²) >= 11 is 0. The second-order valence-electron chi connectivity index (χ2n) is 11.4. The quantitative estimate of drug-likeness (QED) is 0.234. The van der Waals surface area contributed by atoms with E-state index >= 15 is 0 Å². The smallest absolute Gasteiger partial charge is 0.323 e. The maximum Gasteiger partial charge on any atom is 0.323 e. The van der Waals surface area contributed by atoms with E-state index in [0.29, 0.717) is 49.1 Å². The zero-order chi connectivity index (χ0) is 33.1. The van der Waals surface area contributed by atoms with Crippen LogP contribution in [0.25, 0.3) is 33.4 Å². The molecule has 12 heteroatoms. The highest BCUT2D eigenvalue weighted by molar-refractivity contribution is 7.90. The van der Waals surface area contributed by atoms with Crippen LogP contribution >= 0.6 is 0 Å². The lowest BCUT2D eigenvalue weighted by atomic mass is 10.0. The Morgan fingerprint density at radius 1 is 0.787 bits per heavy atom. The first-order valence-corrected chi connectivity index (χ1v) is 16.9. The molecule has 0 spiro atoms. The van der Waals surface area contributed by atoms with E-state index in [4.69, 9.17) is 14.7 Å². The van der Waals surface area contributed by atoms with Gasteiger partial charge in [-0.1, -0.05) is 18.2 Å². The van der Waals surface area contributed by atoms with Crippen LogP contribution in [-0.4, -0.2) is 81.9 Å². The Morgan fingerprint density at radius 3 is 2.04 bits per heavy atom. The number of rotatable bonds is 7. The fourth-order valence-corrected chi connectivity index (χ4v) is 5.96. The van der Waals surface area contributed by atoms with Crippen molar-refractivity contribution in [2.75, 3.05) is 62.2 Å². The fraction of sp³-hybridized carbons (Fsp3) is 0.200. The lowest BCUT2D eigenvalue weighted by Gasteiger charge is -2.29. The number of carbonyl (C=O) groups is 2. The number of hydrogen-bond acceptors (Lipinski definition) is 8. The van der Waals surface area contributed by atoms with Crippen molar-refractivity contribution < 1.29 is 22.7 Å². The predicted octanol–water partition coefficient (Wildman–Crippen LogP) is 5.55. The van der Waals surface area contributed by atoms with Crippen LogP contribution < -0.4 is 15.5 Å². The first-order valence-electron chi connectivity index (χ1n) is 15.0. The number of nitrogens with one attached hydrogen (secondary N) is 2. The predicted molar refractivity (Wildman–Crippen MR) is 184 cm³/mol. The van der Waals surface area contributed by atoms with E-state index in [0.717, 1.165) is 33.4 Å². The first-order chi connectivity index (χ1) is 22.5. The van der Waals surface area contributed by atoms with Gasteiger partial charge in [0.05, 0.1) is 23.6 Å². The van der Waals surface area contributed by atoms with Crippen molar-refractivity contribution in [1.82, 2.24) is 14.9 Å². The minimum atomic E-state index is -3.36. The molecule has 4 aromatic carbocycles. The lowest BCUT2D eigenvalue weighted by molar-refractivity contribution is 0.0827. The second-order valence-corrected chi connectivity index (χ2v) is 13.5. The largest absolute Gasteiger partial charge is 0.378 e. The SMILES string of the molecule is CN(C)C(=O)c1ccc(NC(=O)Nc2ccc(-c3nc(N4CCOCC4)c4ccc(-c5cccc(S(C)(=O)=O)c5)cc4n3)cc2)cc1. The molecule has 1 aromatic heterocycles. The number of urea groups is 1. The monoisotopic (exact) mass is 650 g/mol. The fourth-order valence-electron chi connectivity index (χ4n) is 5.29. The molecule has 240 valence electrons. The molecule has 1 aliphatic heterocycles. The first kappa shape index (κ1) is 31.6. The molecule has 6 rings (SSSR count).